The zero-order chi connectivity index (χ0) is 19.4. The van der Waals surface area contributed by atoms with E-state index in [2.05, 4.69) is 22.3 Å². The molecule has 27 heavy (non-hydrogen) atoms. The van der Waals surface area contributed by atoms with Gasteiger partial charge in [0.15, 0.2) is 0 Å². The third-order valence-electron chi connectivity index (χ3n) is 5.10. The maximum Gasteiger partial charge on any atom is 0.321 e. The molecular formula is C21H25N3O3. The van der Waals surface area contributed by atoms with E-state index in [1.54, 1.807) is 11.8 Å². The largest absolute Gasteiger partial charge is 0.481 e. The summed E-state index contributed by atoms with van der Waals surface area (Å²) in [6.45, 7) is 3.06. The minimum absolute atomic E-state index is 0.218. The van der Waals surface area contributed by atoms with Gasteiger partial charge in [-0.15, -0.1) is 0 Å². The first-order valence-corrected chi connectivity index (χ1v) is 9.02. The van der Waals surface area contributed by atoms with Gasteiger partial charge in [0.05, 0.1) is 16.8 Å². The number of para-hydroxylation sites is 2. The third kappa shape index (κ3) is 4.22. The highest BCUT2D eigenvalue weighted by Crippen LogP contribution is 2.31. The molecule has 0 saturated carbocycles. The Morgan fingerprint density at radius 2 is 1.81 bits per heavy atom. The molecule has 2 aromatic carbocycles. The van der Waals surface area contributed by atoms with Crippen molar-refractivity contribution in [2.24, 2.45) is 5.41 Å². The number of amides is 2. The molecule has 6 nitrogen and oxygen atoms in total. The molecular weight excluding hydrogens is 342 g/mol. The number of carboxylic acid groups (broad SMARTS) is 1. The number of likely N-dealkylation sites (tertiary alicyclic amines) is 1. The molecule has 3 rings (SSSR count). The monoisotopic (exact) mass is 367 g/mol. The van der Waals surface area contributed by atoms with Crippen LogP contribution in [0.1, 0.15) is 18.9 Å². The van der Waals surface area contributed by atoms with Crippen LogP contribution in [0.3, 0.4) is 0 Å². The van der Waals surface area contributed by atoms with Crippen LogP contribution in [0.4, 0.5) is 16.2 Å². The van der Waals surface area contributed by atoms with E-state index in [4.69, 9.17) is 0 Å². The Morgan fingerprint density at radius 3 is 2.48 bits per heavy atom. The molecule has 142 valence electrons. The molecule has 1 aliphatic rings. The molecule has 0 spiro atoms. The van der Waals surface area contributed by atoms with Gasteiger partial charge in [-0.3, -0.25) is 4.79 Å². The number of hydrogen-bond donors (Lipinski definition) is 2. The maximum atomic E-state index is 12.7. The van der Waals surface area contributed by atoms with Gasteiger partial charge in [0.25, 0.3) is 0 Å². The number of carbonyl (C=O) groups is 2. The molecule has 1 heterocycles. The molecule has 1 aliphatic heterocycles. The third-order valence-corrected chi connectivity index (χ3v) is 5.10. The topological polar surface area (TPSA) is 72.9 Å². The van der Waals surface area contributed by atoms with Crippen molar-refractivity contribution < 1.29 is 14.7 Å². The second-order valence-corrected chi connectivity index (χ2v) is 7.33. The van der Waals surface area contributed by atoms with Crippen molar-refractivity contribution >= 4 is 23.4 Å². The van der Waals surface area contributed by atoms with E-state index in [1.807, 2.05) is 49.5 Å². The molecule has 0 radical (unpaired) electrons. The number of anilines is 2. The molecule has 0 aromatic heterocycles. The number of nitrogens with zero attached hydrogens (tertiary/aromatic N) is 2. The molecule has 0 bridgehead atoms. The summed E-state index contributed by atoms with van der Waals surface area (Å²) in [7, 11) is 1.98. The van der Waals surface area contributed by atoms with E-state index in [9.17, 15) is 14.7 Å². The van der Waals surface area contributed by atoms with Crippen molar-refractivity contribution in [2.45, 2.75) is 19.9 Å². The summed E-state index contributed by atoms with van der Waals surface area (Å²) >= 11 is 0. The van der Waals surface area contributed by atoms with Gasteiger partial charge in [0.2, 0.25) is 0 Å². The van der Waals surface area contributed by atoms with Crippen LogP contribution in [0.2, 0.25) is 0 Å². The summed E-state index contributed by atoms with van der Waals surface area (Å²) in [5.41, 5.74) is 1.93. The lowest BCUT2D eigenvalue weighted by atomic mass is 9.90. The predicted octanol–water partition coefficient (Wildman–Crippen LogP) is 3.65. The normalized spacial score (nSPS) is 19.0. The minimum Gasteiger partial charge on any atom is -0.481 e. The molecule has 2 N–H and O–H groups in total. The van der Waals surface area contributed by atoms with Crippen LogP contribution in [-0.4, -0.2) is 42.1 Å². The molecule has 1 unspecified atom stereocenters. The first-order valence-electron chi connectivity index (χ1n) is 9.02. The van der Waals surface area contributed by atoms with Crippen molar-refractivity contribution in [3.05, 3.63) is 60.2 Å². The number of aliphatic carboxylic acids is 1. The van der Waals surface area contributed by atoms with Crippen LogP contribution in [0.15, 0.2) is 54.6 Å². The summed E-state index contributed by atoms with van der Waals surface area (Å²) in [4.78, 5) is 27.7. The zero-order valence-electron chi connectivity index (χ0n) is 15.7. The van der Waals surface area contributed by atoms with E-state index >= 15 is 0 Å². The molecule has 1 fully saturated rings. The highest BCUT2D eigenvalue weighted by molar-refractivity contribution is 5.94. The molecule has 2 aromatic rings. The van der Waals surface area contributed by atoms with Gasteiger partial charge in [-0.05, 0) is 31.0 Å². The fourth-order valence-corrected chi connectivity index (χ4v) is 3.36. The number of urea groups is 1. The molecule has 2 amide bonds. The average Bonchev–Trinajstić information content (AvgIpc) is 3.07. The Hall–Kier alpha value is -3.02. The predicted molar refractivity (Wildman–Crippen MR) is 106 cm³/mol. The van der Waals surface area contributed by atoms with Crippen molar-refractivity contribution in [1.29, 1.82) is 0 Å². The van der Waals surface area contributed by atoms with Crippen LogP contribution < -0.4 is 10.2 Å². The van der Waals surface area contributed by atoms with Gasteiger partial charge in [0.1, 0.15) is 0 Å². The second kappa shape index (κ2) is 7.70. The number of benzene rings is 2. The summed E-state index contributed by atoms with van der Waals surface area (Å²) in [6, 6.07) is 17.5. The standard InChI is InChI=1S/C21H25N3O3/c1-21(19(25)26)12-13-24(15-21)20(27)22-17-10-6-7-11-18(17)23(2)14-16-8-4-3-5-9-16/h3-11H,12-15H2,1-2H3,(H,22,27)(H,25,26). The quantitative estimate of drug-likeness (QED) is 0.846. The Bertz CT molecular complexity index is 824. The van der Waals surface area contributed by atoms with Crippen LogP contribution >= 0.6 is 0 Å². The lowest BCUT2D eigenvalue weighted by molar-refractivity contribution is -0.146. The SMILES string of the molecule is CN(Cc1ccccc1)c1ccccc1NC(=O)N1CCC(C)(C(=O)O)C1. The number of rotatable bonds is 5. The Labute approximate surface area is 159 Å². The molecule has 0 aliphatic carbocycles. The highest BCUT2D eigenvalue weighted by Gasteiger charge is 2.42. The van der Waals surface area contributed by atoms with Gasteiger partial charge in [-0.1, -0.05) is 42.5 Å². The van der Waals surface area contributed by atoms with Gasteiger partial charge < -0.3 is 20.2 Å². The maximum absolute atomic E-state index is 12.7. The van der Waals surface area contributed by atoms with Gasteiger partial charge in [0, 0.05) is 26.7 Å². The Balaban J connectivity index is 1.71. The van der Waals surface area contributed by atoms with E-state index < -0.39 is 11.4 Å². The van der Waals surface area contributed by atoms with E-state index in [0.717, 1.165) is 5.69 Å². The fraction of sp³-hybridized carbons (Fsp3) is 0.333. The van der Waals surface area contributed by atoms with E-state index in [1.165, 1.54) is 5.56 Å². The van der Waals surface area contributed by atoms with E-state index in [-0.39, 0.29) is 12.6 Å². The number of hydrogen-bond acceptors (Lipinski definition) is 3. The number of carbonyl (C=O) groups excluding carboxylic acids is 1. The van der Waals surface area contributed by atoms with Gasteiger partial charge in [-0.2, -0.15) is 0 Å². The summed E-state index contributed by atoms with van der Waals surface area (Å²) in [5.74, 6) is -0.860. The first kappa shape index (κ1) is 18.8. The molecule has 6 heteroatoms. The summed E-state index contributed by atoms with van der Waals surface area (Å²) in [6.07, 6.45) is 0.464. The number of carboxylic acids is 1. The lowest BCUT2D eigenvalue weighted by Crippen LogP contribution is -2.37. The zero-order valence-corrected chi connectivity index (χ0v) is 15.7. The van der Waals surface area contributed by atoms with Crippen molar-refractivity contribution in [3.63, 3.8) is 0 Å². The fourth-order valence-electron chi connectivity index (χ4n) is 3.36. The van der Waals surface area contributed by atoms with Crippen molar-refractivity contribution in [1.82, 2.24) is 4.90 Å². The Morgan fingerprint density at radius 1 is 1.15 bits per heavy atom. The smallest absolute Gasteiger partial charge is 0.321 e. The first-order chi connectivity index (χ1) is 12.9. The van der Waals surface area contributed by atoms with Gasteiger partial charge in [-0.25, -0.2) is 4.79 Å². The van der Waals surface area contributed by atoms with Crippen LogP contribution in [-0.2, 0) is 11.3 Å². The van der Waals surface area contributed by atoms with Crippen LogP contribution in [0.25, 0.3) is 0 Å². The number of nitrogens with one attached hydrogen (secondary N) is 1. The minimum atomic E-state index is -0.874. The van der Waals surface area contributed by atoms with Crippen LogP contribution in [0.5, 0.6) is 0 Å². The molecule has 1 saturated heterocycles. The second-order valence-electron chi connectivity index (χ2n) is 7.33. The molecule has 1 atom stereocenters. The van der Waals surface area contributed by atoms with Gasteiger partial charge >= 0.3 is 12.0 Å². The lowest BCUT2D eigenvalue weighted by Gasteiger charge is -2.25. The van der Waals surface area contributed by atoms with Crippen molar-refractivity contribution in [3.8, 4) is 0 Å². The summed E-state index contributed by atoms with van der Waals surface area (Å²) < 4.78 is 0. The van der Waals surface area contributed by atoms with E-state index in [0.29, 0.717) is 25.2 Å². The summed E-state index contributed by atoms with van der Waals surface area (Å²) in [5, 5.41) is 12.3. The average molecular weight is 367 g/mol. The highest BCUT2D eigenvalue weighted by atomic mass is 16.4. The Kier molecular flexibility index (Phi) is 5.35. The van der Waals surface area contributed by atoms with Crippen molar-refractivity contribution in [2.75, 3.05) is 30.4 Å². The van der Waals surface area contributed by atoms with Crippen LogP contribution in [0, 0.1) is 5.41 Å².